The highest BCUT2D eigenvalue weighted by Crippen LogP contribution is 2.24. The van der Waals surface area contributed by atoms with Crippen LogP contribution >= 0.6 is 11.3 Å². The molecule has 0 atom stereocenters. The molecule has 1 aromatic heterocycles. The van der Waals surface area contributed by atoms with E-state index in [1.165, 1.54) is 17.1 Å². The molecular weight excluding hydrogens is 350 g/mol. The van der Waals surface area contributed by atoms with Gasteiger partial charge in [-0.2, -0.15) is 0 Å². The Morgan fingerprint density at radius 1 is 1.31 bits per heavy atom. The zero-order valence-electron chi connectivity index (χ0n) is 14.7. The molecule has 1 aromatic carbocycles. The largest absolute Gasteiger partial charge is 0.363 e. The van der Waals surface area contributed by atoms with Gasteiger partial charge in [0.25, 0.3) is 5.69 Å². The van der Waals surface area contributed by atoms with Crippen LogP contribution in [0.25, 0.3) is 0 Å². The van der Waals surface area contributed by atoms with E-state index in [2.05, 4.69) is 38.0 Å². The molecule has 1 aliphatic heterocycles. The van der Waals surface area contributed by atoms with Gasteiger partial charge in [-0.1, -0.05) is 12.1 Å². The summed E-state index contributed by atoms with van der Waals surface area (Å²) in [5.41, 5.74) is 1.08. The van der Waals surface area contributed by atoms with Crippen LogP contribution < -0.4 is 15.5 Å². The van der Waals surface area contributed by atoms with Crippen molar-refractivity contribution < 1.29 is 4.92 Å². The molecule has 0 bridgehead atoms. The van der Waals surface area contributed by atoms with Gasteiger partial charge in [0, 0.05) is 44.9 Å². The molecule has 0 spiro atoms. The van der Waals surface area contributed by atoms with Crippen molar-refractivity contribution in [1.82, 2.24) is 10.6 Å². The number of hydrogen-bond acceptors (Lipinski definition) is 5. The van der Waals surface area contributed by atoms with E-state index in [0.29, 0.717) is 12.6 Å². The van der Waals surface area contributed by atoms with Crippen LogP contribution in [0.1, 0.15) is 18.4 Å². The van der Waals surface area contributed by atoms with Gasteiger partial charge in [0.1, 0.15) is 0 Å². The van der Waals surface area contributed by atoms with Crippen LogP contribution in [0.5, 0.6) is 0 Å². The molecule has 0 unspecified atom stereocenters. The van der Waals surface area contributed by atoms with E-state index in [0.717, 1.165) is 37.5 Å². The molecule has 2 aromatic rings. The number of nitrogens with one attached hydrogen (secondary N) is 2. The number of hydrogen-bond donors (Lipinski definition) is 2. The second-order valence-corrected chi connectivity index (χ2v) is 7.13. The van der Waals surface area contributed by atoms with E-state index in [1.807, 2.05) is 0 Å². The Balaban J connectivity index is 1.45. The molecule has 138 valence electrons. The van der Waals surface area contributed by atoms with Crippen molar-refractivity contribution in [1.29, 1.82) is 0 Å². The number of aliphatic imine (C=N–C) groups is 1. The second-order valence-electron chi connectivity index (χ2n) is 6.21. The highest BCUT2D eigenvalue weighted by Gasteiger charge is 2.20. The zero-order chi connectivity index (χ0) is 18.4. The Kier molecular flexibility index (Phi) is 6.06. The Bertz CT molecular complexity index is 737. The summed E-state index contributed by atoms with van der Waals surface area (Å²) < 4.78 is 0. The van der Waals surface area contributed by atoms with Gasteiger partial charge in [0.05, 0.1) is 9.92 Å². The summed E-state index contributed by atoms with van der Waals surface area (Å²) in [6, 6.07) is 11.2. The number of nitrogens with zero attached hydrogens (tertiary/aromatic N) is 3. The molecule has 3 rings (SSSR count). The first-order valence-corrected chi connectivity index (χ1v) is 9.52. The van der Waals surface area contributed by atoms with Gasteiger partial charge in [-0.15, -0.1) is 11.3 Å². The fraction of sp³-hybridized carbons (Fsp3) is 0.389. The topological polar surface area (TPSA) is 82.8 Å². The SMILES string of the molecule is CN=C(NCc1ccc([N+](=O)[O-])cc1)NC1CCN(c2cccs2)CC1. The van der Waals surface area contributed by atoms with Crippen molar-refractivity contribution in [2.24, 2.45) is 4.99 Å². The molecule has 0 amide bonds. The number of anilines is 1. The Labute approximate surface area is 156 Å². The third-order valence-corrected chi connectivity index (χ3v) is 5.41. The summed E-state index contributed by atoms with van der Waals surface area (Å²) in [5, 5.41) is 20.9. The lowest BCUT2D eigenvalue weighted by molar-refractivity contribution is -0.384. The molecule has 7 nitrogen and oxygen atoms in total. The summed E-state index contributed by atoms with van der Waals surface area (Å²) in [4.78, 5) is 17.0. The lowest BCUT2D eigenvalue weighted by Gasteiger charge is -2.33. The van der Waals surface area contributed by atoms with E-state index in [-0.39, 0.29) is 10.6 Å². The number of nitro benzene ring substituents is 1. The lowest BCUT2D eigenvalue weighted by Crippen LogP contribution is -2.48. The average molecular weight is 373 g/mol. The fourth-order valence-electron chi connectivity index (χ4n) is 3.00. The van der Waals surface area contributed by atoms with Crippen molar-refractivity contribution in [2.45, 2.75) is 25.4 Å². The van der Waals surface area contributed by atoms with Crippen LogP contribution in [0.4, 0.5) is 10.7 Å². The summed E-state index contributed by atoms with van der Waals surface area (Å²) >= 11 is 1.78. The fourth-order valence-corrected chi connectivity index (χ4v) is 3.79. The van der Waals surface area contributed by atoms with Gasteiger partial charge in [0.15, 0.2) is 5.96 Å². The molecule has 2 N–H and O–H groups in total. The molecule has 2 heterocycles. The summed E-state index contributed by atoms with van der Waals surface area (Å²) in [7, 11) is 1.76. The molecule has 1 aliphatic rings. The molecule has 0 radical (unpaired) electrons. The smallest absolute Gasteiger partial charge is 0.269 e. The number of piperidine rings is 1. The van der Waals surface area contributed by atoms with Gasteiger partial charge in [-0.3, -0.25) is 15.1 Å². The lowest BCUT2D eigenvalue weighted by atomic mass is 10.1. The first-order valence-electron chi connectivity index (χ1n) is 8.64. The number of non-ortho nitro benzene ring substituents is 1. The Morgan fingerprint density at radius 2 is 2.04 bits per heavy atom. The van der Waals surface area contributed by atoms with E-state index in [4.69, 9.17) is 0 Å². The maximum Gasteiger partial charge on any atom is 0.269 e. The van der Waals surface area contributed by atoms with Crippen LogP contribution in [0, 0.1) is 10.1 Å². The molecule has 0 aliphatic carbocycles. The van der Waals surface area contributed by atoms with Crippen molar-refractivity contribution in [3.05, 3.63) is 57.5 Å². The van der Waals surface area contributed by atoms with Crippen LogP contribution in [0.3, 0.4) is 0 Å². The van der Waals surface area contributed by atoms with E-state index < -0.39 is 0 Å². The average Bonchev–Trinajstić information content (AvgIpc) is 3.20. The van der Waals surface area contributed by atoms with E-state index >= 15 is 0 Å². The highest BCUT2D eigenvalue weighted by molar-refractivity contribution is 7.14. The molecular formula is C18H23N5O2S. The molecule has 8 heteroatoms. The first kappa shape index (κ1) is 18.2. The number of guanidine groups is 1. The maximum absolute atomic E-state index is 10.7. The maximum atomic E-state index is 10.7. The molecule has 26 heavy (non-hydrogen) atoms. The quantitative estimate of drug-likeness (QED) is 0.364. The first-order chi connectivity index (χ1) is 12.7. The predicted octanol–water partition coefficient (Wildman–Crippen LogP) is 2.99. The number of benzene rings is 1. The Morgan fingerprint density at radius 3 is 2.62 bits per heavy atom. The van der Waals surface area contributed by atoms with Gasteiger partial charge >= 0.3 is 0 Å². The van der Waals surface area contributed by atoms with Gasteiger partial charge < -0.3 is 15.5 Å². The van der Waals surface area contributed by atoms with Crippen molar-refractivity contribution >= 4 is 28.0 Å². The third kappa shape index (κ3) is 4.72. The van der Waals surface area contributed by atoms with Gasteiger partial charge in [0.2, 0.25) is 0 Å². The predicted molar refractivity (Wildman–Crippen MR) is 106 cm³/mol. The van der Waals surface area contributed by atoms with E-state index in [9.17, 15) is 10.1 Å². The molecule has 1 fully saturated rings. The number of nitro groups is 1. The number of rotatable bonds is 5. The summed E-state index contributed by atoms with van der Waals surface area (Å²) in [5.74, 6) is 0.762. The number of thiophene rings is 1. The van der Waals surface area contributed by atoms with Crippen molar-refractivity contribution in [2.75, 3.05) is 25.0 Å². The minimum atomic E-state index is -0.389. The normalized spacial score (nSPS) is 15.7. The summed E-state index contributed by atoms with van der Waals surface area (Å²) in [6.07, 6.45) is 2.13. The Hall–Kier alpha value is -2.61. The monoisotopic (exact) mass is 373 g/mol. The highest BCUT2D eigenvalue weighted by atomic mass is 32.1. The van der Waals surface area contributed by atoms with Crippen molar-refractivity contribution in [3.8, 4) is 0 Å². The van der Waals surface area contributed by atoms with Crippen LogP contribution in [-0.2, 0) is 6.54 Å². The van der Waals surface area contributed by atoms with Crippen LogP contribution in [0.2, 0.25) is 0 Å². The second kappa shape index (κ2) is 8.66. The molecule has 0 saturated carbocycles. The van der Waals surface area contributed by atoms with Crippen molar-refractivity contribution in [3.63, 3.8) is 0 Å². The standard InChI is InChI=1S/C18H23N5O2S/c1-19-18(20-13-14-4-6-16(7-5-14)23(24)25)21-15-8-10-22(11-9-15)17-3-2-12-26-17/h2-7,12,15H,8-11,13H2,1H3,(H2,19,20,21). The third-order valence-electron chi connectivity index (χ3n) is 4.48. The molecule has 1 saturated heterocycles. The van der Waals surface area contributed by atoms with Gasteiger partial charge in [-0.05, 0) is 35.9 Å². The minimum Gasteiger partial charge on any atom is -0.363 e. The van der Waals surface area contributed by atoms with Crippen LogP contribution in [-0.4, -0.2) is 37.1 Å². The summed E-state index contributed by atoms with van der Waals surface area (Å²) in [6.45, 7) is 2.65. The van der Waals surface area contributed by atoms with E-state index in [1.54, 1.807) is 30.5 Å². The van der Waals surface area contributed by atoms with Crippen LogP contribution in [0.15, 0.2) is 46.8 Å². The minimum absolute atomic E-state index is 0.105. The zero-order valence-corrected chi connectivity index (χ0v) is 15.5. The van der Waals surface area contributed by atoms with Gasteiger partial charge in [-0.25, -0.2) is 0 Å².